The Morgan fingerprint density at radius 1 is 1.13 bits per heavy atom. The van der Waals surface area contributed by atoms with E-state index in [4.69, 9.17) is 17.3 Å². The van der Waals surface area contributed by atoms with E-state index in [0.717, 1.165) is 38.9 Å². The van der Waals surface area contributed by atoms with E-state index in [9.17, 15) is 4.79 Å². The molecule has 0 aliphatic carbocycles. The molecule has 1 aromatic carbocycles. The van der Waals surface area contributed by atoms with E-state index in [2.05, 4.69) is 20.5 Å². The van der Waals surface area contributed by atoms with Crippen LogP contribution >= 0.6 is 22.9 Å². The summed E-state index contributed by atoms with van der Waals surface area (Å²) in [5, 5.41) is 12.6. The molecule has 4 aromatic rings. The van der Waals surface area contributed by atoms with E-state index in [1.165, 1.54) is 11.3 Å². The lowest BCUT2D eigenvalue weighted by atomic mass is 10.0. The molecule has 0 unspecified atom stereocenters. The maximum atomic E-state index is 12.7. The maximum absolute atomic E-state index is 12.7. The van der Waals surface area contributed by atoms with Crippen molar-refractivity contribution in [3.05, 3.63) is 68.9 Å². The van der Waals surface area contributed by atoms with Gasteiger partial charge in [0.1, 0.15) is 14.9 Å². The number of nitrogens with one attached hydrogen (secondary N) is 1. The number of benzene rings is 1. The summed E-state index contributed by atoms with van der Waals surface area (Å²) >= 11 is 7.27. The summed E-state index contributed by atoms with van der Waals surface area (Å²) in [6.45, 7) is 6.14. The zero-order valence-electron chi connectivity index (χ0n) is 16.8. The summed E-state index contributed by atoms with van der Waals surface area (Å²) in [7, 11) is 0. The van der Waals surface area contributed by atoms with Gasteiger partial charge in [0.2, 0.25) is 0 Å². The van der Waals surface area contributed by atoms with Gasteiger partial charge in [-0.1, -0.05) is 35.9 Å². The van der Waals surface area contributed by atoms with Crippen molar-refractivity contribution < 1.29 is 4.79 Å². The van der Waals surface area contributed by atoms with Crippen molar-refractivity contribution in [2.24, 2.45) is 0 Å². The van der Waals surface area contributed by atoms with Gasteiger partial charge in [0.05, 0.1) is 11.4 Å². The molecule has 0 spiro atoms. The molecule has 0 atom stereocenters. The van der Waals surface area contributed by atoms with Crippen LogP contribution < -0.4 is 11.1 Å². The average Bonchev–Trinajstić information content (AvgIpc) is 3.08. The normalized spacial score (nSPS) is 11.1. The molecule has 0 saturated carbocycles. The number of hydrogen-bond acceptors (Lipinski definition) is 6. The molecule has 4 rings (SSSR count). The van der Waals surface area contributed by atoms with Gasteiger partial charge < -0.3 is 11.1 Å². The van der Waals surface area contributed by atoms with Gasteiger partial charge in [0, 0.05) is 23.7 Å². The third-order valence-electron chi connectivity index (χ3n) is 5.10. The Morgan fingerprint density at radius 2 is 1.87 bits per heavy atom. The molecule has 0 fully saturated rings. The number of pyridine rings is 1. The Bertz CT molecular complexity index is 1270. The number of hydrogen-bond donors (Lipinski definition) is 2. The first kappa shape index (κ1) is 20.3. The Kier molecular flexibility index (Phi) is 5.40. The highest BCUT2D eigenvalue weighted by Crippen LogP contribution is 2.34. The molecule has 0 saturated heterocycles. The van der Waals surface area contributed by atoms with Gasteiger partial charge in [0.15, 0.2) is 0 Å². The Labute approximate surface area is 183 Å². The van der Waals surface area contributed by atoms with Crippen LogP contribution in [0, 0.1) is 20.8 Å². The van der Waals surface area contributed by atoms with Crippen LogP contribution in [0.3, 0.4) is 0 Å². The number of rotatable bonds is 4. The number of amides is 1. The largest absolute Gasteiger partial charge is 0.397 e. The van der Waals surface area contributed by atoms with E-state index in [-0.39, 0.29) is 5.91 Å². The average molecular weight is 438 g/mol. The van der Waals surface area contributed by atoms with Gasteiger partial charge in [-0.2, -0.15) is 5.10 Å². The zero-order chi connectivity index (χ0) is 21.4. The van der Waals surface area contributed by atoms with E-state index in [1.807, 2.05) is 51.1 Å². The summed E-state index contributed by atoms with van der Waals surface area (Å²) < 4.78 is 0. The number of nitrogen functional groups attached to an aromatic ring is 1. The van der Waals surface area contributed by atoms with Crippen LogP contribution in [-0.4, -0.2) is 21.1 Å². The number of anilines is 1. The molecular weight excluding hydrogens is 418 g/mol. The minimum absolute atomic E-state index is 0.214. The molecular formula is C22H20ClN5OS. The van der Waals surface area contributed by atoms with Crippen LogP contribution in [-0.2, 0) is 6.54 Å². The lowest BCUT2D eigenvalue weighted by Gasteiger charge is -2.07. The second-order valence-corrected chi connectivity index (χ2v) is 8.50. The molecule has 1 amide bonds. The SMILES string of the molecule is Cc1cc(-c2ccc(CNC(=O)c3sc4nnc(C)c(C)c4c3N)cc2)cnc1Cl. The minimum atomic E-state index is -0.214. The summed E-state index contributed by atoms with van der Waals surface area (Å²) in [6.07, 6.45) is 1.75. The van der Waals surface area contributed by atoms with Crippen molar-refractivity contribution in [3.63, 3.8) is 0 Å². The van der Waals surface area contributed by atoms with Crippen molar-refractivity contribution in [2.45, 2.75) is 27.3 Å². The summed E-state index contributed by atoms with van der Waals surface area (Å²) in [5.74, 6) is -0.214. The maximum Gasteiger partial charge on any atom is 0.263 e. The highest BCUT2D eigenvalue weighted by Gasteiger charge is 2.19. The number of nitrogens with zero attached hydrogens (tertiary/aromatic N) is 3. The van der Waals surface area contributed by atoms with E-state index >= 15 is 0 Å². The van der Waals surface area contributed by atoms with E-state index < -0.39 is 0 Å². The Morgan fingerprint density at radius 3 is 2.57 bits per heavy atom. The smallest absolute Gasteiger partial charge is 0.263 e. The third kappa shape index (κ3) is 3.74. The number of nitrogens with two attached hydrogens (primary N) is 1. The fourth-order valence-corrected chi connectivity index (χ4v) is 4.32. The summed E-state index contributed by atoms with van der Waals surface area (Å²) in [6, 6.07) is 9.96. The Hall–Kier alpha value is -3.03. The molecule has 0 aliphatic heterocycles. The minimum Gasteiger partial charge on any atom is -0.397 e. The summed E-state index contributed by atoms with van der Waals surface area (Å²) in [4.78, 5) is 18.1. The molecule has 3 aromatic heterocycles. The standard InChI is InChI=1S/C22H20ClN5OS/c1-11-8-16(10-25-20(11)23)15-6-4-14(5-7-15)9-26-21(29)19-18(24)17-12(2)13(3)27-28-22(17)30-19/h4-8,10H,9,24H2,1-3H3,(H,26,29). The topological polar surface area (TPSA) is 93.8 Å². The number of aromatic nitrogens is 3. The van der Waals surface area contributed by atoms with Crippen LogP contribution in [0.15, 0.2) is 36.5 Å². The first-order chi connectivity index (χ1) is 14.3. The molecule has 0 bridgehead atoms. The number of fused-ring (bicyclic) bond motifs is 1. The second kappa shape index (κ2) is 8.01. The number of carbonyl (C=O) groups excluding carboxylic acids is 1. The van der Waals surface area contributed by atoms with Gasteiger partial charge in [-0.3, -0.25) is 4.79 Å². The highest BCUT2D eigenvalue weighted by atomic mass is 35.5. The first-order valence-corrected chi connectivity index (χ1v) is 10.6. The van der Waals surface area contributed by atoms with Crippen molar-refractivity contribution in [2.75, 3.05) is 5.73 Å². The third-order valence-corrected chi connectivity index (χ3v) is 6.58. The predicted octanol–water partition coefficient (Wildman–Crippen LogP) is 4.84. The number of thiophene rings is 1. The molecule has 0 radical (unpaired) electrons. The fourth-order valence-electron chi connectivity index (χ4n) is 3.20. The molecule has 3 heterocycles. The lowest BCUT2D eigenvalue weighted by molar-refractivity contribution is 0.0956. The number of carbonyl (C=O) groups is 1. The van der Waals surface area contributed by atoms with Gasteiger partial charge in [-0.15, -0.1) is 16.4 Å². The lowest BCUT2D eigenvalue weighted by Crippen LogP contribution is -2.22. The quantitative estimate of drug-likeness (QED) is 0.445. The van der Waals surface area contributed by atoms with Gasteiger partial charge >= 0.3 is 0 Å². The van der Waals surface area contributed by atoms with Crippen molar-refractivity contribution in [3.8, 4) is 11.1 Å². The zero-order valence-corrected chi connectivity index (χ0v) is 18.4. The molecule has 8 heteroatoms. The van der Waals surface area contributed by atoms with Crippen LogP contribution in [0.1, 0.15) is 32.1 Å². The van der Waals surface area contributed by atoms with Gasteiger partial charge in [-0.25, -0.2) is 4.98 Å². The van der Waals surface area contributed by atoms with Crippen LogP contribution in [0.2, 0.25) is 5.15 Å². The van der Waals surface area contributed by atoms with E-state index in [1.54, 1.807) is 6.20 Å². The Balaban J connectivity index is 1.49. The van der Waals surface area contributed by atoms with Crippen LogP contribution in [0.4, 0.5) is 5.69 Å². The molecule has 6 nitrogen and oxygen atoms in total. The van der Waals surface area contributed by atoms with Crippen molar-refractivity contribution >= 4 is 44.7 Å². The highest BCUT2D eigenvalue weighted by molar-refractivity contribution is 7.21. The second-order valence-electron chi connectivity index (χ2n) is 7.15. The van der Waals surface area contributed by atoms with Crippen molar-refractivity contribution in [1.29, 1.82) is 0 Å². The summed E-state index contributed by atoms with van der Waals surface area (Å²) in [5.41, 5.74) is 12.4. The number of aryl methyl sites for hydroxylation is 3. The van der Waals surface area contributed by atoms with Crippen LogP contribution in [0.5, 0.6) is 0 Å². The monoisotopic (exact) mass is 437 g/mol. The predicted molar refractivity (Wildman–Crippen MR) is 122 cm³/mol. The van der Waals surface area contributed by atoms with Gasteiger partial charge in [0.25, 0.3) is 5.91 Å². The molecule has 152 valence electrons. The molecule has 30 heavy (non-hydrogen) atoms. The number of halogens is 1. The van der Waals surface area contributed by atoms with Crippen molar-refractivity contribution in [1.82, 2.24) is 20.5 Å². The first-order valence-electron chi connectivity index (χ1n) is 9.36. The molecule has 0 aliphatic rings. The van der Waals surface area contributed by atoms with Crippen LogP contribution in [0.25, 0.3) is 21.3 Å². The van der Waals surface area contributed by atoms with E-state index in [0.29, 0.717) is 27.1 Å². The fraction of sp³-hybridized carbons (Fsp3) is 0.182. The molecule has 3 N–H and O–H groups in total. The van der Waals surface area contributed by atoms with Gasteiger partial charge in [-0.05, 0) is 49.1 Å².